The Morgan fingerprint density at radius 2 is 1.78 bits per heavy atom. The Balaban J connectivity index is 1.68. The van der Waals surface area contributed by atoms with Crippen molar-refractivity contribution < 1.29 is 17.9 Å². The fourth-order valence-corrected chi connectivity index (χ4v) is 2.20. The minimum absolute atomic E-state index is 0.275. The number of anilines is 4. The summed E-state index contributed by atoms with van der Waals surface area (Å²) in [6, 6.07) is 8.95. The lowest BCUT2D eigenvalue weighted by Gasteiger charge is -2.13. The highest BCUT2D eigenvalue weighted by Gasteiger charge is 2.30. The van der Waals surface area contributed by atoms with E-state index >= 15 is 0 Å². The molecule has 27 heavy (non-hydrogen) atoms. The lowest BCUT2D eigenvalue weighted by molar-refractivity contribution is -0.274. The van der Waals surface area contributed by atoms with E-state index in [0.29, 0.717) is 23.9 Å². The lowest BCUT2D eigenvalue weighted by atomic mass is 10.3. The van der Waals surface area contributed by atoms with Gasteiger partial charge in [0.1, 0.15) is 17.8 Å². The first-order chi connectivity index (χ1) is 12.9. The number of ether oxygens (including phenoxy) is 1. The molecule has 4 N–H and O–H groups in total. The second-order valence-electron chi connectivity index (χ2n) is 5.40. The Morgan fingerprint density at radius 3 is 2.44 bits per heavy atom. The molecule has 140 valence electrons. The molecular weight excluding hydrogens is 361 g/mol. The molecule has 0 saturated heterocycles. The largest absolute Gasteiger partial charge is 0.573 e. The highest BCUT2D eigenvalue weighted by molar-refractivity contribution is 5.77. The van der Waals surface area contributed by atoms with Crippen molar-refractivity contribution in [2.24, 2.45) is 0 Å². The van der Waals surface area contributed by atoms with Crippen LogP contribution in [-0.2, 0) is 6.54 Å². The molecule has 0 saturated carbocycles. The standard InChI is InChI=1S/C17H15F3N6O/c18-17(19,20)27-13-5-3-12(4-6-13)26-16-14(21)15(24-10-25-16)23-9-11-2-1-7-22-8-11/h1-8,10H,9,21H2,(H2,23,24,25,26). The molecule has 0 bridgehead atoms. The van der Waals surface area contributed by atoms with E-state index in [0.717, 1.165) is 5.56 Å². The van der Waals surface area contributed by atoms with Gasteiger partial charge in [-0.2, -0.15) is 0 Å². The number of hydrogen-bond donors (Lipinski definition) is 3. The maximum Gasteiger partial charge on any atom is 0.573 e. The summed E-state index contributed by atoms with van der Waals surface area (Å²) < 4.78 is 40.4. The number of alkyl halides is 3. The molecule has 0 amide bonds. The van der Waals surface area contributed by atoms with Gasteiger partial charge in [-0.3, -0.25) is 4.98 Å². The zero-order valence-corrected chi connectivity index (χ0v) is 13.9. The fraction of sp³-hybridized carbons (Fsp3) is 0.118. The van der Waals surface area contributed by atoms with Crippen LogP contribution in [0.4, 0.5) is 36.2 Å². The van der Waals surface area contributed by atoms with Crippen molar-refractivity contribution in [3.8, 4) is 5.75 Å². The first-order valence-electron chi connectivity index (χ1n) is 7.77. The maximum atomic E-state index is 12.2. The van der Waals surface area contributed by atoms with Crippen LogP contribution in [-0.4, -0.2) is 21.3 Å². The van der Waals surface area contributed by atoms with Crippen LogP contribution in [0.2, 0.25) is 0 Å². The molecule has 0 fully saturated rings. The quantitative estimate of drug-likeness (QED) is 0.603. The van der Waals surface area contributed by atoms with Crippen LogP contribution in [0.15, 0.2) is 55.1 Å². The van der Waals surface area contributed by atoms with Gasteiger partial charge in [-0.15, -0.1) is 13.2 Å². The second kappa shape index (κ2) is 7.77. The number of rotatable bonds is 6. The van der Waals surface area contributed by atoms with E-state index in [-0.39, 0.29) is 11.4 Å². The van der Waals surface area contributed by atoms with Crippen molar-refractivity contribution in [3.63, 3.8) is 0 Å². The SMILES string of the molecule is Nc1c(NCc2cccnc2)ncnc1Nc1ccc(OC(F)(F)F)cc1. The number of nitrogens with one attached hydrogen (secondary N) is 2. The van der Waals surface area contributed by atoms with Crippen molar-refractivity contribution in [1.82, 2.24) is 15.0 Å². The predicted octanol–water partition coefficient (Wildman–Crippen LogP) is 3.71. The van der Waals surface area contributed by atoms with Gasteiger partial charge in [0.15, 0.2) is 11.6 Å². The fourth-order valence-electron chi connectivity index (χ4n) is 2.20. The average Bonchev–Trinajstić information content (AvgIpc) is 2.64. The predicted molar refractivity (Wildman–Crippen MR) is 94.4 cm³/mol. The molecule has 0 atom stereocenters. The number of pyridine rings is 1. The van der Waals surface area contributed by atoms with Gasteiger partial charge >= 0.3 is 6.36 Å². The van der Waals surface area contributed by atoms with Gasteiger partial charge in [-0.05, 0) is 35.9 Å². The molecular formula is C17H15F3N6O. The van der Waals surface area contributed by atoms with Gasteiger partial charge in [0.2, 0.25) is 0 Å². The molecule has 7 nitrogen and oxygen atoms in total. The minimum Gasteiger partial charge on any atom is -0.406 e. The molecule has 3 rings (SSSR count). The number of halogens is 3. The van der Waals surface area contributed by atoms with Gasteiger partial charge in [0.25, 0.3) is 0 Å². The summed E-state index contributed by atoms with van der Waals surface area (Å²) >= 11 is 0. The first-order valence-corrected chi connectivity index (χ1v) is 7.77. The summed E-state index contributed by atoms with van der Waals surface area (Å²) in [6.45, 7) is 0.470. The van der Waals surface area contributed by atoms with Crippen molar-refractivity contribution in [3.05, 3.63) is 60.7 Å². The third-order valence-electron chi connectivity index (χ3n) is 3.42. The summed E-state index contributed by atoms with van der Waals surface area (Å²) in [6.07, 6.45) is -0.0179. The molecule has 2 heterocycles. The van der Waals surface area contributed by atoms with Crippen LogP contribution in [0.5, 0.6) is 5.75 Å². The number of nitrogens with zero attached hydrogens (tertiary/aromatic N) is 3. The summed E-state index contributed by atoms with van der Waals surface area (Å²) in [5, 5.41) is 6.02. The second-order valence-corrected chi connectivity index (χ2v) is 5.40. The summed E-state index contributed by atoms with van der Waals surface area (Å²) in [4.78, 5) is 12.2. The number of aromatic nitrogens is 3. The highest BCUT2D eigenvalue weighted by atomic mass is 19.4. The lowest BCUT2D eigenvalue weighted by Crippen LogP contribution is -2.17. The van der Waals surface area contributed by atoms with Gasteiger partial charge in [-0.25, -0.2) is 9.97 Å². The minimum atomic E-state index is -4.74. The first kappa shape index (κ1) is 18.2. The van der Waals surface area contributed by atoms with E-state index in [1.165, 1.54) is 30.6 Å². The van der Waals surface area contributed by atoms with Gasteiger partial charge < -0.3 is 21.1 Å². The van der Waals surface area contributed by atoms with E-state index in [9.17, 15) is 13.2 Å². The number of nitrogens with two attached hydrogens (primary N) is 1. The Bertz CT molecular complexity index is 887. The number of nitrogen functional groups attached to an aromatic ring is 1. The number of benzene rings is 1. The molecule has 0 aliphatic rings. The zero-order valence-electron chi connectivity index (χ0n) is 13.9. The molecule has 0 unspecified atom stereocenters. The van der Waals surface area contributed by atoms with Crippen LogP contribution in [0.3, 0.4) is 0 Å². The molecule has 2 aromatic heterocycles. The van der Waals surface area contributed by atoms with Crippen LogP contribution in [0.1, 0.15) is 5.56 Å². The molecule has 3 aromatic rings. The molecule has 0 aliphatic heterocycles. The van der Waals surface area contributed by atoms with E-state index in [4.69, 9.17) is 5.73 Å². The molecule has 1 aromatic carbocycles. The summed E-state index contributed by atoms with van der Waals surface area (Å²) in [5.41, 5.74) is 7.79. The van der Waals surface area contributed by atoms with Crippen LogP contribution in [0, 0.1) is 0 Å². The smallest absolute Gasteiger partial charge is 0.406 e. The van der Waals surface area contributed by atoms with Crippen molar-refractivity contribution in [1.29, 1.82) is 0 Å². The molecule has 10 heteroatoms. The van der Waals surface area contributed by atoms with E-state index in [2.05, 4.69) is 30.3 Å². The zero-order chi connectivity index (χ0) is 19.3. The monoisotopic (exact) mass is 376 g/mol. The normalized spacial score (nSPS) is 11.1. The average molecular weight is 376 g/mol. The maximum absolute atomic E-state index is 12.2. The van der Waals surface area contributed by atoms with Gasteiger partial charge in [-0.1, -0.05) is 6.07 Å². The number of hydrogen-bond acceptors (Lipinski definition) is 7. The Labute approximate surface area is 152 Å². The van der Waals surface area contributed by atoms with Crippen LogP contribution >= 0.6 is 0 Å². The van der Waals surface area contributed by atoms with Crippen molar-refractivity contribution in [2.45, 2.75) is 12.9 Å². The van der Waals surface area contributed by atoms with E-state index in [1.54, 1.807) is 12.4 Å². The van der Waals surface area contributed by atoms with Crippen LogP contribution in [0.25, 0.3) is 0 Å². The highest BCUT2D eigenvalue weighted by Crippen LogP contribution is 2.28. The van der Waals surface area contributed by atoms with Crippen molar-refractivity contribution >= 4 is 23.0 Å². The third-order valence-corrected chi connectivity index (χ3v) is 3.42. The third kappa shape index (κ3) is 5.21. The molecule has 0 spiro atoms. The van der Waals surface area contributed by atoms with Gasteiger partial charge in [0.05, 0.1) is 0 Å². The molecule has 0 radical (unpaired) electrons. The topological polar surface area (TPSA) is 98.0 Å². The Kier molecular flexibility index (Phi) is 5.25. The summed E-state index contributed by atoms with van der Waals surface area (Å²) in [5.74, 6) is 0.430. The van der Waals surface area contributed by atoms with E-state index < -0.39 is 6.36 Å². The Morgan fingerprint density at radius 1 is 1.04 bits per heavy atom. The van der Waals surface area contributed by atoms with E-state index in [1.807, 2.05) is 12.1 Å². The summed E-state index contributed by atoms with van der Waals surface area (Å²) in [7, 11) is 0. The molecule has 0 aliphatic carbocycles. The van der Waals surface area contributed by atoms with Gasteiger partial charge in [0, 0.05) is 24.6 Å². The van der Waals surface area contributed by atoms with Crippen LogP contribution < -0.4 is 21.1 Å². The van der Waals surface area contributed by atoms with Crippen molar-refractivity contribution in [2.75, 3.05) is 16.4 Å². The Hall–Kier alpha value is -3.56.